The Balaban J connectivity index is 2.39. The largest absolute Gasteiger partial charge is 0.491 e. The highest BCUT2D eigenvalue weighted by atomic mass is 35.5. The Morgan fingerprint density at radius 1 is 1.38 bits per heavy atom. The summed E-state index contributed by atoms with van der Waals surface area (Å²) in [4.78, 5) is 0. The first kappa shape index (κ1) is 11.2. The Bertz CT molecular complexity index is 513. The molecule has 0 aliphatic rings. The van der Waals surface area contributed by atoms with Crippen LogP contribution in [0, 0.1) is 6.92 Å². The molecule has 0 spiro atoms. The van der Waals surface area contributed by atoms with Gasteiger partial charge >= 0.3 is 7.12 Å². The Morgan fingerprint density at radius 2 is 2.12 bits per heavy atom. The van der Waals surface area contributed by atoms with Crippen molar-refractivity contribution in [1.82, 2.24) is 9.78 Å². The van der Waals surface area contributed by atoms with Gasteiger partial charge in [-0.3, -0.25) is 0 Å². The molecule has 0 unspecified atom stereocenters. The Hall–Kier alpha value is -1.30. The number of benzene rings is 1. The summed E-state index contributed by atoms with van der Waals surface area (Å²) in [6, 6.07) is 5.52. The molecule has 0 amide bonds. The SMILES string of the molecule is Cc1ccc(-n2cc(B(O)O)cn2)cc1Cl. The predicted octanol–water partition coefficient (Wildman–Crippen LogP) is 0.514. The van der Waals surface area contributed by atoms with E-state index < -0.39 is 7.12 Å². The lowest BCUT2D eigenvalue weighted by Gasteiger charge is -2.03. The van der Waals surface area contributed by atoms with Crippen molar-refractivity contribution in [1.29, 1.82) is 0 Å². The van der Waals surface area contributed by atoms with Gasteiger partial charge in [-0.2, -0.15) is 5.10 Å². The van der Waals surface area contributed by atoms with E-state index in [9.17, 15) is 0 Å². The van der Waals surface area contributed by atoms with Gasteiger partial charge in [0.25, 0.3) is 0 Å². The van der Waals surface area contributed by atoms with Gasteiger partial charge in [0.1, 0.15) is 0 Å². The van der Waals surface area contributed by atoms with Crippen LogP contribution in [0.3, 0.4) is 0 Å². The van der Waals surface area contributed by atoms with E-state index in [1.165, 1.54) is 6.20 Å². The molecular weight excluding hydrogens is 226 g/mol. The van der Waals surface area contributed by atoms with Crippen LogP contribution in [-0.4, -0.2) is 26.9 Å². The fraction of sp³-hybridized carbons (Fsp3) is 0.100. The predicted molar refractivity (Wildman–Crippen MR) is 63.1 cm³/mol. The van der Waals surface area contributed by atoms with Crippen LogP contribution in [0.4, 0.5) is 0 Å². The number of halogens is 1. The van der Waals surface area contributed by atoms with Gasteiger partial charge in [-0.05, 0) is 24.6 Å². The Morgan fingerprint density at radius 3 is 2.69 bits per heavy atom. The average Bonchev–Trinajstić information content (AvgIpc) is 2.71. The molecule has 2 aromatic rings. The molecule has 82 valence electrons. The summed E-state index contributed by atoms with van der Waals surface area (Å²) >= 11 is 5.99. The van der Waals surface area contributed by atoms with Gasteiger partial charge < -0.3 is 10.0 Å². The van der Waals surface area contributed by atoms with Crippen molar-refractivity contribution < 1.29 is 10.0 Å². The van der Waals surface area contributed by atoms with Crippen LogP contribution in [-0.2, 0) is 0 Å². The van der Waals surface area contributed by atoms with E-state index in [0.29, 0.717) is 10.5 Å². The second-order valence-electron chi connectivity index (χ2n) is 3.53. The molecular formula is C10H10BClN2O2. The van der Waals surface area contributed by atoms with E-state index in [1.807, 2.05) is 19.1 Å². The summed E-state index contributed by atoms with van der Waals surface area (Å²) in [5.74, 6) is 0. The molecule has 1 heterocycles. The summed E-state index contributed by atoms with van der Waals surface area (Å²) in [6.07, 6.45) is 2.95. The first-order chi connectivity index (χ1) is 7.58. The molecule has 1 aromatic heterocycles. The van der Waals surface area contributed by atoms with Crippen LogP contribution < -0.4 is 5.46 Å². The second kappa shape index (κ2) is 4.29. The highest BCUT2D eigenvalue weighted by Gasteiger charge is 2.13. The van der Waals surface area contributed by atoms with Crippen molar-refractivity contribution in [2.45, 2.75) is 6.92 Å². The summed E-state index contributed by atoms with van der Waals surface area (Å²) in [6.45, 7) is 1.91. The lowest BCUT2D eigenvalue weighted by atomic mass is 9.83. The molecule has 0 aliphatic carbocycles. The fourth-order valence-electron chi connectivity index (χ4n) is 1.34. The maximum Gasteiger partial charge on any atom is 0.491 e. The Kier molecular flexibility index (Phi) is 3.00. The lowest BCUT2D eigenvalue weighted by molar-refractivity contribution is 0.426. The molecule has 0 radical (unpaired) electrons. The van der Waals surface area contributed by atoms with Crippen LogP contribution in [0.15, 0.2) is 30.6 Å². The minimum atomic E-state index is -1.50. The van der Waals surface area contributed by atoms with E-state index in [0.717, 1.165) is 11.3 Å². The standard InChI is InChI=1S/C10H10BClN2O2/c1-7-2-3-9(4-10(7)12)14-6-8(5-13-14)11(15)16/h2-6,15-16H,1H3. The zero-order chi connectivity index (χ0) is 11.7. The van der Waals surface area contributed by atoms with Crippen molar-refractivity contribution in [3.05, 3.63) is 41.2 Å². The molecule has 0 atom stereocenters. The molecule has 4 nitrogen and oxygen atoms in total. The number of hydrogen-bond donors (Lipinski definition) is 2. The van der Waals surface area contributed by atoms with Crippen molar-refractivity contribution in [3.8, 4) is 5.69 Å². The normalized spacial score (nSPS) is 10.5. The number of aromatic nitrogens is 2. The van der Waals surface area contributed by atoms with Crippen LogP contribution in [0.25, 0.3) is 5.69 Å². The molecule has 1 aromatic carbocycles. The van der Waals surface area contributed by atoms with Gasteiger partial charge in [0.15, 0.2) is 0 Å². The number of rotatable bonds is 2. The van der Waals surface area contributed by atoms with Gasteiger partial charge in [-0.25, -0.2) is 4.68 Å². The quantitative estimate of drug-likeness (QED) is 0.747. The third-order valence-electron chi connectivity index (χ3n) is 2.32. The number of nitrogens with zero attached hydrogens (tertiary/aromatic N) is 2. The smallest absolute Gasteiger partial charge is 0.423 e. The first-order valence-electron chi connectivity index (χ1n) is 4.75. The minimum absolute atomic E-state index is 0.344. The van der Waals surface area contributed by atoms with Gasteiger partial charge in [0.2, 0.25) is 0 Å². The highest BCUT2D eigenvalue weighted by Crippen LogP contribution is 2.18. The zero-order valence-corrected chi connectivity index (χ0v) is 9.39. The van der Waals surface area contributed by atoms with Gasteiger partial charge in [-0.15, -0.1) is 0 Å². The maximum atomic E-state index is 8.96. The van der Waals surface area contributed by atoms with Gasteiger partial charge in [0.05, 0.1) is 5.69 Å². The molecule has 6 heteroatoms. The Labute approximate surface area is 98.2 Å². The number of aryl methyl sites for hydroxylation is 1. The third kappa shape index (κ3) is 2.11. The summed E-state index contributed by atoms with van der Waals surface area (Å²) < 4.78 is 1.54. The minimum Gasteiger partial charge on any atom is -0.423 e. The number of hydrogen-bond acceptors (Lipinski definition) is 3. The molecule has 0 fully saturated rings. The summed E-state index contributed by atoms with van der Waals surface area (Å²) in [5, 5.41) is 22.6. The molecule has 2 rings (SSSR count). The van der Waals surface area contributed by atoms with E-state index in [2.05, 4.69) is 5.10 Å². The second-order valence-corrected chi connectivity index (χ2v) is 3.93. The molecule has 16 heavy (non-hydrogen) atoms. The van der Waals surface area contributed by atoms with Crippen LogP contribution >= 0.6 is 11.6 Å². The van der Waals surface area contributed by atoms with Crippen molar-refractivity contribution in [2.75, 3.05) is 0 Å². The molecule has 0 saturated carbocycles. The highest BCUT2D eigenvalue weighted by molar-refractivity contribution is 6.58. The van der Waals surface area contributed by atoms with Crippen molar-refractivity contribution >= 4 is 24.2 Å². The average molecular weight is 236 g/mol. The van der Waals surface area contributed by atoms with E-state index in [4.69, 9.17) is 21.6 Å². The molecule has 0 saturated heterocycles. The van der Waals surface area contributed by atoms with Crippen molar-refractivity contribution in [2.24, 2.45) is 0 Å². The maximum absolute atomic E-state index is 8.96. The van der Waals surface area contributed by atoms with E-state index in [-0.39, 0.29) is 0 Å². The summed E-state index contributed by atoms with van der Waals surface area (Å²) in [7, 11) is -1.50. The van der Waals surface area contributed by atoms with E-state index in [1.54, 1.807) is 16.9 Å². The van der Waals surface area contributed by atoms with Gasteiger partial charge in [-0.1, -0.05) is 17.7 Å². The monoisotopic (exact) mass is 236 g/mol. The van der Waals surface area contributed by atoms with Crippen molar-refractivity contribution in [3.63, 3.8) is 0 Å². The van der Waals surface area contributed by atoms with Crippen LogP contribution in [0.2, 0.25) is 5.02 Å². The fourth-order valence-corrected chi connectivity index (χ4v) is 1.51. The molecule has 0 aliphatic heterocycles. The lowest BCUT2D eigenvalue weighted by Crippen LogP contribution is -2.28. The van der Waals surface area contributed by atoms with Crippen LogP contribution in [0.5, 0.6) is 0 Å². The third-order valence-corrected chi connectivity index (χ3v) is 2.73. The summed E-state index contributed by atoms with van der Waals surface area (Å²) in [5.41, 5.74) is 2.11. The van der Waals surface area contributed by atoms with E-state index >= 15 is 0 Å². The molecule has 0 bridgehead atoms. The van der Waals surface area contributed by atoms with Crippen LogP contribution in [0.1, 0.15) is 5.56 Å². The zero-order valence-electron chi connectivity index (χ0n) is 8.63. The topological polar surface area (TPSA) is 58.3 Å². The molecule has 2 N–H and O–H groups in total. The van der Waals surface area contributed by atoms with Gasteiger partial charge in [0, 0.05) is 22.9 Å². The first-order valence-corrected chi connectivity index (χ1v) is 5.13.